The maximum absolute atomic E-state index is 12.2. The highest BCUT2D eigenvalue weighted by atomic mass is 16.5. The van der Waals surface area contributed by atoms with Crippen LogP contribution in [0.5, 0.6) is 11.5 Å². The molecule has 2 aromatic rings. The molecule has 90 valence electrons. The van der Waals surface area contributed by atoms with E-state index < -0.39 is 0 Å². The van der Waals surface area contributed by atoms with Crippen molar-refractivity contribution >= 4 is 5.78 Å². The van der Waals surface area contributed by atoms with Crippen molar-refractivity contribution in [2.45, 2.75) is 0 Å². The molecule has 18 heavy (non-hydrogen) atoms. The van der Waals surface area contributed by atoms with Crippen molar-refractivity contribution in [1.82, 2.24) is 0 Å². The molecule has 0 aromatic heterocycles. The Labute approximate surface area is 106 Å². The van der Waals surface area contributed by atoms with E-state index >= 15 is 0 Å². The van der Waals surface area contributed by atoms with Crippen molar-refractivity contribution in [1.29, 1.82) is 0 Å². The summed E-state index contributed by atoms with van der Waals surface area (Å²) < 4.78 is 10.1. The first-order valence-corrected chi connectivity index (χ1v) is 5.40. The van der Waals surface area contributed by atoms with Crippen LogP contribution in [-0.2, 0) is 0 Å². The van der Waals surface area contributed by atoms with E-state index in [1.165, 1.54) is 0 Å². The van der Waals surface area contributed by atoms with Crippen LogP contribution in [0.2, 0.25) is 0 Å². The van der Waals surface area contributed by atoms with E-state index in [9.17, 15) is 4.79 Å². The number of ketones is 1. The molecule has 0 aliphatic rings. The summed E-state index contributed by atoms with van der Waals surface area (Å²) in [4.78, 5) is 12.2. The number of ether oxygens (including phenoxy) is 2. The van der Waals surface area contributed by atoms with Crippen LogP contribution in [0, 0.1) is 12.1 Å². The second-order valence-electron chi connectivity index (χ2n) is 3.62. The van der Waals surface area contributed by atoms with Gasteiger partial charge in [0.1, 0.15) is 11.5 Å². The molecule has 3 heteroatoms. The second kappa shape index (κ2) is 5.36. The van der Waals surface area contributed by atoms with Crippen molar-refractivity contribution < 1.29 is 14.3 Å². The zero-order valence-electron chi connectivity index (χ0n) is 10.2. The topological polar surface area (TPSA) is 35.5 Å². The van der Waals surface area contributed by atoms with Crippen LogP contribution < -0.4 is 9.47 Å². The Morgan fingerprint density at radius 3 is 1.78 bits per heavy atom. The molecule has 0 aliphatic heterocycles. The average molecular weight is 240 g/mol. The molecule has 2 radical (unpaired) electrons. The van der Waals surface area contributed by atoms with Gasteiger partial charge in [-0.05, 0) is 24.3 Å². The van der Waals surface area contributed by atoms with Crippen LogP contribution in [0.1, 0.15) is 15.9 Å². The molecular weight excluding hydrogens is 228 g/mol. The molecular formula is C15H12O3. The third-order valence-corrected chi connectivity index (χ3v) is 2.51. The Bertz CT molecular complexity index is 512. The van der Waals surface area contributed by atoms with Crippen LogP contribution >= 0.6 is 0 Å². The lowest BCUT2D eigenvalue weighted by molar-refractivity contribution is 0.103. The first-order chi connectivity index (χ1) is 8.74. The summed E-state index contributed by atoms with van der Waals surface area (Å²) >= 11 is 0. The zero-order chi connectivity index (χ0) is 13.0. The van der Waals surface area contributed by atoms with Gasteiger partial charge < -0.3 is 9.47 Å². The van der Waals surface area contributed by atoms with Gasteiger partial charge in [-0.3, -0.25) is 4.79 Å². The molecule has 0 atom stereocenters. The Kier molecular flexibility index (Phi) is 3.63. The van der Waals surface area contributed by atoms with Crippen molar-refractivity contribution in [3.05, 3.63) is 59.7 Å². The second-order valence-corrected chi connectivity index (χ2v) is 3.62. The normalized spacial score (nSPS) is 9.89. The largest absolute Gasteiger partial charge is 0.496 e. The first kappa shape index (κ1) is 12.2. The fourth-order valence-corrected chi connectivity index (χ4v) is 1.57. The molecule has 0 fully saturated rings. The highest BCUT2D eigenvalue weighted by molar-refractivity contribution is 6.09. The molecule has 3 nitrogen and oxygen atoms in total. The molecule has 2 rings (SSSR count). The Morgan fingerprint density at radius 1 is 0.944 bits per heavy atom. The van der Waals surface area contributed by atoms with E-state index in [-0.39, 0.29) is 5.78 Å². The van der Waals surface area contributed by atoms with E-state index in [4.69, 9.17) is 9.47 Å². The van der Waals surface area contributed by atoms with Crippen LogP contribution in [0.15, 0.2) is 36.4 Å². The van der Waals surface area contributed by atoms with Gasteiger partial charge in [0.2, 0.25) is 0 Å². The molecule has 0 heterocycles. The van der Waals surface area contributed by atoms with Crippen LogP contribution in [0.3, 0.4) is 0 Å². The number of carbonyl (C=O) groups excluding carboxylic acids is 1. The summed E-state index contributed by atoms with van der Waals surface area (Å²) in [6, 6.07) is 15.8. The van der Waals surface area contributed by atoms with Gasteiger partial charge in [0.25, 0.3) is 0 Å². The molecule has 0 unspecified atom stereocenters. The fraction of sp³-hybridized carbons (Fsp3) is 0.133. The van der Waals surface area contributed by atoms with E-state index in [1.54, 1.807) is 50.6 Å². The van der Waals surface area contributed by atoms with E-state index in [0.29, 0.717) is 22.6 Å². The minimum Gasteiger partial charge on any atom is -0.496 e. The predicted octanol–water partition coefficient (Wildman–Crippen LogP) is 2.54. The SMILES string of the molecule is COc1[c]ccc(C(=O)c2cc[c]c(OC)c2)c1. The van der Waals surface area contributed by atoms with Crippen LogP contribution in [0.4, 0.5) is 0 Å². The number of rotatable bonds is 4. The van der Waals surface area contributed by atoms with Gasteiger partial charge in [-0.15, -0.1) is 0 Å². The van der Waals surface area contributed by atoms with Crippen molar-refractivity contribution in [3.63, 3.8) is 0 Å². The highest BCUT2D eigenvalue weighted by Crippen LogP contribution is 2.18. The van der Waals surface area contributed by atoms with Gasteiger partial charge in [0.15, 0.2) is 5.78 Å². The van der Waals surface area contributed by atoms with Gasteiger partial charge in [0.05, 0.1) is 14.2 Å². The van der Waals surface area contributed by atoms with Crippen LogP contribution in [-0.4, -0.2) is 20.0 Å². The third-order valence-electron chi connectivity index (χ3n) is 2.51. The summed E-state index contributed by atoms with van der Waals surface area (Å²) in [6.45, 7) is 0. The predicted molar refractivity (Wildman–Crippen MR) is 67.1 cm³/mol. The van der Waals surface area contributed by atoms with Gasteiger partial charge in [-0.1, -0.05) is 12.1 Å². The van der Waals surface area contributed by atoms with Crippen molar-refractivity contribution in [2.24, 2.45) is 0 Å². The molecule has 0 spiro atoms. The fourth-order valence-electron chi connectivity index (χ4n) is 1.57. The molecule has 0 amide bonds. The zero-order valence-corrected chi connectivity index (χ0v) is 10.2. The average Bonchev–Trinajstić information content (AvgIpc) is 2.46. The standard InChI is InChI=1S/C15H12O3/c1-17-13-7-3-5-11(9-13)15(16)12-6-4-8-14(10-12)18-2/h3-6,9-10H,1-2H3. The summed E-state index contributed by atoms with van der Waals surface area (Å²) in [5, 5.41) is 0. The Hall–Kier alpha value is -2.29. The smallest absolute Gasteiger partial charge is 0.193 e. The number of benzene rings is 2. The maximum atomic E-state index is 12.2. The third kappa shape index (κ3) is 2.51. The summed E-state index contributed by atoms with van der Waals surface area (Å²) in [6.07, 6.45) is 0. The van der Waals surface area contributed by atoms with E-state index in [2.05, 4.69) is 12.1 Å². The summed E-state index contributed by atoms with van der Waals surface area (Å²) in [7, 11) is 3.08. The number of hydrogen-bond acceptors (Lipinski definition) is 3. The van der Waals surface area contributed by atoms with E-state index in [1.807, 2.05) is 0 Å². The van der Waals surface area contributed by atoms with Crippen LogP contribution in [0.25, 0.3) is 0 Å². The maximum Gasteiger partial charge on any atom is 0.193 e. The van der Waals surface area contributed by atoms with E-state index in [0.717, 1.165) is 0 Å². The molecule has 0 saturated carbocycles. The van der Waals surface area contributed by atoms with Crippen molar-refractivity contribution in [2.75, 3.05) is 14.2 Å². The monoisotopic (exact) mass is 240 g/mol. The van der Waals surface area contributed by atoms with Gasteiger partial charge >= 0.3 is 0 Å². The summed E-state index contributed by atoms with van der Waals surface area (Å²) in [5.74, 6) is 0.986. The van der Waals surface area contributed by atoms with Gasteiger partial charge in [-0.25, -0.2) is 0 Å². The quantitative estimate of drug-likeness (QED) is 0.770. The molecule has 0 N–H and O–H groups in total. The lowest BCUT2D eigenvalue weighted by Gasteiger charge is -2.05. The number of carbonyl (C=O) groups is 1. The molecule has 0 aliphatic carbocycles. The Morgan fingerprint density at radius 2 is 1.39 bits per heavy atom. The molecule has 0 bridgehead atoms. The first-order valence-electron chi connectivity index (χ1n) is 5.40. The minimum atomic E-state index is -0.0883. The lowest BCUT2D eigenvalue weighted by Crippen LogP contribution is -2.02. The van der Waals surface area contributed by atoms with Crippen molar-refractivity contribution in [3.8, 4) is 11.5 Å². The molecule has 0 saturated heterocycles. The minimum absolute atomic E-state index is 0.0883. The number of hydrogen-bond donors (Lipinski definition) is 0. The summed E-state index contributed by atoms with van der Waals surface area (Å²) in [5.41, 5.74) is 1.11. The highest BCUT2D eigenvalue weighted by Gasteiger charge is 2.10. The van der Waals surface area contributed by atoms with Gasteiger partial charge in [-0.2, -0.15) is 0 Å². The molecule has 2 aromatic carbocycles. The van der Waals surface area contributed by atoms with Gasteiger partial charge in [0, 0.05) is 23.3 Å². The Balaban J connectivity index is 2.34. The number of methoxy groups -OCH3 is 2. The lowest BCUT2D eigenvalue weighted by atomic mass is 10.0.